The topological polar surface area (TPSA) is 60.0 Å². The first kappa shape index (κ1) is 10.9. The van der Waals surface area contributed by atoms with E-state index in [1.165, 1.54) is 36.5 Å². The Morgan fingerprint density at radius 3 is 2.53 bits per heavy atom. The molecule has 0 saturated heterocycles. The molecule has 0 atom stereocenters. The van der Waals surface area contributed by atoms with Crippen LogP contribution in [0.25, 0.3) is 0 Å². The lowest BCUT2D eigenvalue weighted by Crippen LogP contribution is -2.25. The van der Waals surface area contributed by atoms with Crippen LogP contribution in [0.15, 0.2) is 42.7 Å². The summed E-state index contributed by atoms with van der Waals surface area (Å²) in [7, 11) is 0. The second-order valence-electron chi connectivity index (χ2n) is 3.29. The molecule has 84 valence electrons. The number of rotatable bonds is 2. The first-order valence-corrected chi connectivity index (χ1v) is 4.75. The van der Waals surface area contributed by atoms with Gasteiger partial charge in [-0.15, -0.1) is 0 Å². The molecule has 0 unspecified atom stereocenters. The number of pyridine rings is 1. The van der Waals surface area contributed by atoms with Gasteiger partial charge in [0.1, 0.15) is 23.2 Å². The molecule has 4 nitrogen and oxygen atoms in total. The van der Waals surface area contributed by atoms with Crippen molar-refractivity contribution in [3.05, 3.63) is 59.3 Å². The molecule has 17 heavy (non-hydrogen) atoms. The van der Waals surface area contributed by atoms with Crippen LogP contribution in [0.5, 0.6) is 11.5 Å². The summed E-state index contributed by atoms with van der Waals surface area (Å²) in [5.41, 5.74) is 0.194. The summed E-state index contributed by atoms with van der Waals surface area (Å²) in [5, 5.41) is 19.8. The van der Waals surface area contributed by atoms with E-state index in [2.05, 4.69) is 0 Å². The highest BCUT2D eigenvalue weighted by molar-refractivity contribution is 5.34. The van der Waals surface area contributed by atoms with Crippen LogP contribution < -0.4 is 9.47 Å². The lowest BCUT2D eigenvalue weighted by molar-refractivity contribution is -0.605. The van der Waals surface area contributed by atoms with Crippen LogP contribution in [0.4, 0.5) is 4.39 Å². The van der Waals surface area contributed by atoms with Crippen molar-refractivity contribution >= 4 is 0 Å². The fourth-order valence-electron chi connectivity index (χ4n) is 1.28. The molecule has 0 spiro atoms. The molecule has 0 saturated carbocycles. The smallest absolute Gasteiger partial charge is 0.223 e. The van der Waals surface area contributed by atoms with E-state index in [1.54, 1.807) is 0 Å². The Kier molecular flexibility index (Phi) is 2.88. The number of nitriles is 1. The normalized spacial score (nSPS) is 9.65. The first-order chi connectivity index (χ1) is 8.17. The van der Waals surface area contributed by atoms with Gasteiger partial charge in [0.2, 0.25) is 6.20 Å². The number of aromatic nitrogens is 1. The van der Waals surface area contributed by atoms with E-state index in [4.69, 9.17) is 10.00 Å². The largest absolute Gasteiger partial charge is 0.619 e. The fourth-order valence-corrected chi connectivity index (χ4v) is 1.28. The van der Waals surface area contributed by atoms with E-state index in [9.17, 15) is 9.60 Å². The summed E-state index contributed by atoms with van der Waals surface area (Å²) >= 11 is 0. The number of hydrogen-bond acceptors (Lipinski definition) is 3. The van der Waals surface area contributed by atoms with E-state index >= 15 is 0 Å². The predicted octanol–water partition coefficient (Wildman–Crippen LogP) is 2.12. The molecule has 1 heterocycles. The van der Waals surface area contributed by atoms with Crippen LogP contribution >= 0.6 is 0 Å². The quantitative estimate of drug-likeness (QED) is 0.586. The Balaban J connectivity index is 2.27. The number of hydrogen-bond donors (Lipinski definition) is 0. The highest BCUT2D eigenvalue weighted by atomic mass is 19.1. The van der Waals surface area contributed by atoms with Gasteiger partial charge in [0, 0.05) is 6.07 Å². The Bertz CT molecular complexity index is 576. The molecule has 0 amide bonds. The SMILES string of the molecule is N#Cc1cc(Oc2ccc(F)cc2)c[n+]([O-])c1. The molecular weight excluding hydrogens is 223 g/mol. The molecule has 0 fully saturated rings. The van der Waals surface area contributed by atoms with Gasteiger partial charge in [0.25, 0.3) is 0 Å². The lowest BCUT2D eigenvalue weighted by atomic mass is 10.3. The maximum atomic E-state index is 12.7. The highest BCUT2D eigenvalue weighted by Gasteiger charge is 2.05. The minimum atomic E-state index is -0.373. The minimum Gasteiger partial charge on any atom is -0.619 e. The lowest BCUT2D eigenvalue weighted by Gasteiger charge is -2.05. The van der Waals surface area contributed by atoms with Crippen LogP contribution in [0.2, 0.25) is 0 Å². The van der Waals surface area contributed by atoms with Crippen LogP contribution in [0, 0.1) is 22.4 Å². The van der Waals surface area contributed by atoms with Crippen molar-refractivity contribution in [2.75, 3.05) is 0 Å². The van der Waals surface area contributed by atoms with Crippen LogP contribution in [-0.4, -0.2) is 0 Å². The number of ether oxygens (including phenoxy) is 1. The van der Waals surface area contributed by atoms with Crippen molar-refractivity contribution in [1.82, 2.24) is 0 Å². The van der Waals surface area contributed by atoms with Gasteiger partial charge in [-0.05, 0) is 24.3 Å². The molecule has 0 bridgehead atoms. The zero-order valence-electron chi connectivity index (χ0n) is 8.63. The molecule has 2 rings (SSSR count). The van der Waals surface area contributed by atoms with Gasteiger partial charge in [-0.1, -0.05) is 0 Å². The Morgan fingerprint density at radius 1 is 1.18 bits per heavy atom. The number of halogens is 1. The molecular formula is C12H7FN2O2. The zero-order valence-corrected chi connectivity index (χ0v) is 8.63. The zero-order chi connectivity index (χ0) is 12.3. The van der Waals surface area contributed by atoms with Crippen molar-refractivity contribution < 1.29 is 13.9 Å². The van der Waals surface area contributed by atoms with Crippen molar-refractivity contribution in [3.8, 4) is 17.6 Å². The van der Waals surface area contributed by atoms with Gasteiger partial charge in [-0.25, -0.2) is 4.39 Å². The third kappa shape index (κ3) is 2.69. The van der Waals surface area contributed by atoms with Gasteiger partial charge < -0.3 is 9.94 Å². The molecule has 2 aromatic rings. The molecule has 1 aromatic heterocycles. The Hall–Kier alpha value is -2.61. The van der Waals surface area contributed by atoms with E-state index in [-0.39, 0.29) is 17.1 Å². The second-order valence-corrected chi connectivity index (χ2v) is 3.29. The third-order valence-corrected chi connectivity index (χ3v) is 2.00. The average molecular weight is 230 g/mol. The second kappa shape index (κ2) is 4.49. The molecule has 5 heteroatoms. The van der Waals surface area contributed by atoms with E-state index < -0.39 is 0 Å². The summed E-state index contributed by atoms with van der Waals surface area (Å²) in [6.45, 7) is 0. The third-order valence-electron chi connectivity index (χ3n) is 2.00. The molecule has 1 aromatic carbocycles. The highest BCUT2D eigenvalue weighted by Crippen LogP contribution is 2.20. The van der Waals surface area contributed by atoms with Crippen LogP contribution in [0.3, 0.4) is 0 Å². The van der Waals surface area contributed by atoms with E-state index in [1.807, 2.05) is 6.07 Å². The number of nitrogens with zero attached hydrogens (tertiary/aromatic N) is 2. The molecule has 0 aliphatic heterocycles. The Morgan fingerprint density at radius 2 is 1.88 bits per heavy atom. The molecule has 0 aliphatic rings. The van der Waals surface area contributed by atoms with Crippen LogP contribution in [-0.2, 0) is 0 Å². The first-order valence-electron chi connectivity index (χ1n) is 4.75. The van der Waals surface area contributed by atoms with Gasteiger partial charge in [0.05, 0.1) is 0 Å². The maximum absolute atomic E-state index is 12.7. The average Bonchev–Trinajstić information content (AvgIpc) is 2.31. The van der Waals surface area contributed by atoms with Crippen molar-refractivity contribution in [2.24, 2.45) is 0 Å². The fraction of sp³-hybridized carbons (Fsp3) is 0. The van der Waals surface area contributed by atoms with Gasteiger partial charge >= 0.3 is 0 Å². The predicted molar refractivity (Wildman–Crippen MR) is 56.6 cm³/mol. The van der Waals surface area contributed by atoms with Crippen molar-refractivity contribution in [1.29, 1.82) is 5.26 Å². The summed E-state index contributed by atoms with van der Waals surface area (Å²) < 4.78 is 18.5. The molecule has 0 N–H and O–H groups in total. The summed E-state index contributed by atoms with van der Waals surface area (Å²) in [4.78, 5) is 0. The molecule has 0 aliphatic carbocycles. The standard InChI is InChI=1S/C12H7FN2O2/c13-10-1-3-11(4-2-10)17-12-5-9(6-14)7-15(16)8-12/h1-5,7-8H. The number of benzene rings is 1. The van der Waals surface area contributed by atoms with E-state index in [0.717, 1.165) is 6.20 Å². The van der Waals surface area contributed by atoms with Gasteiger partial charge in [0.15, 0.2) is 11.9 Å². The van der Waals surface area contributed by atoms with Crippen molar-refractivity contribution in [2.45, 2.75) is 0 Å². The summed E-state index contributed by atoms with van der Waals surface area (Å²) in [5.74, 6) is 0.245. The summed E-state index contributed by atoms with van der Waals surface area (Å²) in [6, 6.07) is 8.63. The minimum absolute atomic E-state index is 0.194. The van der Waals surface area contributed by atoms with Gasteiger partial charge in [-0.3, -0.25) is 0 Å². The van der Waals surface area contributed by atoms with Crippen LogP contribution in [0.1, 0.15) is 5.56 Å². The van der Waals surface area contributed by atoms with Crippen molar-refractivity contribution in [3.63, 3.8) is 0 Å². The molecule has 0 radical (unpaired) electrons. The van der Waals surface area contributed by atoms with Gasteiger partial charge in [-0.2, -0.15) is 9.99 Å². The summed E-state index contributed by atoms with van der Waals surface area (Å²) in [6.07, 6.45) is 2.32. The Labute approximate surface area is 96.7 Å². The maximum Gasteiger partial charge on any atom is 0.223 e. The van der Waals surface area contributed by atoms with E-state index in [0.29, 0.717) is 10.5 Å². The monoisotopic (exact) mass is 230 g/mol.